The highest BCUT2D eigenvalue weighted by Crippen LogP contribution is 2.58. The van der Waals surface area contributed by atoms with Crippen LogP contribution in [0.25, 0.3) is 0 Å². The first kappa shape index (κ1) is 11.6. The van der Waals surface area contributed by atoms with Gasteiger partial charge in [-0.3, -0.25) is 4.79 Å². The van der Waals surface area contributed by atoms with Crippen molar-refractivity contribution in [2.45, 2.75) is 58.3 Å². The molecule has 4 atom stereocenters. The van der Waals surface area contributed by atoms with E-state index >= 15 is 0 Å². The molecule has 0 radical (unpaired) electrons. The number of ether oxygens (including phenoxy) is 1. The SMILES string of the molecule is CCCOC(=O)C12CC3C[C@@H](CC[C@@H](C3)C1)C2. The van der Waals surface area contributed by atoms with E-state index in [1.807, 2.05) is 0 Å². The Morgan fingerprint density at radius 3 is 2.29 bits per heavy atom. The molecule has 0 aliphatic heterocycles. The molecule has 4 aliphatic carbocycles. The third-order valence-corrected chi connectivity index (χ3v) is 5.23. The normalized spacial score (nSPS) is 43.5. The molecule has 0 saturated heterocycles. The average Bonchev–Trinajstić information content (AvgIpc) is 2.53. The first-order valence-corrected chi connectivity index (χ1v) is 7.39. The lowest BCUT2D eigenvalue weighted by Crippen LogP contribution is -2.44. The maximum Gasteiger partial charge on any atom is 0.312 e. The van der Waals surface area contributed by atoms with E-state index in [1.165, 1.54) is 25.7 Å². The minimum Gasteiger partial charge on any atom is -0.465 e. The van der Waals surface area contributed by atoms with Crippen molar-refractivity contribution in [2.24, 2.45) is 23.2 Å². The zero-order valence-corrected chi connectivity index (χ0v) is 10.9. The van der Waals surface area contributed by atoms with Crippen LogP contribution < -0.4 is 0 Å². The van der Waals surface area contributed by atoms with Crippen molar-refractivity contribution in [1.82, 2.24) is 0 Å². The van der Waals surface area contributed by atoms with Gasteiger partial charge in [-0.1, -0.05) is 19.8 Å². The van der Waals surface area contributed by atoms with Gasteiger partial charge in [0.05, 0.1) is 12.0 Å². The summed E-state index contributed by atoms with van der Waals surface area (Å²) in [7, 11) is 0. The fourth-order valence-corrected chi connectivity index (χ4v) is 4.79. The Kier molecular flexibility index (Phi) is 2.92. The molecule has 0 aromatic rings. The highest BCUT2D eigenvalue weighted by Gasteiger charge is 2.53. The van der Waals surface area contributed by atoms with Crippen molar-refractivity contribution in [3.05, 3.63) is 0 Å². The average molecular weight is 236 g/mol. The molecule has 0 N–H and O–H groups in total. The largest absolute Gasteiger partial charge is 0.465 e. The Hall–Kier alpha value is -0.530. The summed E-state index contributed by atoms with van der Waals surface area (Å²) in [5.74, 6) is 2.59. The van der Waals surface area contributed by atoms with Crippen LogP contribution in [0.4, 0.5) is 0 Å². The number of carbonyl (C=O) groups excluding carboxylic acids is 1. The fourth-order valence-electron chi connectivity index (χ4n) is 4.79. The second-order valence-electron chi connectivity index (χ2n) is 6.68. The molecule has 17 heavy (non-hydrogen) atoms. The van der Waals surface area contributed by atoms with Gasteiger partial charge in [0, 0.05) is 0 Å². The van der Waals surface area contributed by atoms with Crippen LogP contribution in [0.1, 0.15) is 58.3 Å². The zero-order valence-electron chi connectivity index (χ0n) is 10.9. The Bertz CT molecular complexity index is 294. The van der Waals surface area contributed by atoms with Crippen molar-refractivity contribution in [3.8, 4) is 0 Å². The topological polar surface area (TPSA) is 26.3 Å². The molecular formula is C15H24O2. The van der Waals surface area contributed by atoms with Crippen molar-refractivity contribution >= 4 is 5.97 Å². The molecular weight excluding hydrogens is 212 g/mol. The lowest BCUT2D eigenvalue weighted by Gasteiger charge is -2.46. The van der Waals surface area contributed by atoms with Crippen LogP contribution in [-0.2, 0) is 9.53 Å². The monoisotopic (exact) mass is 236 g/mol. The first-order chi connectivity index (χ1) is 8.22. The number of carbonyl (C=O) groups is 1. The molecule has 2 unspecified atom stereocenters. The van der Waals surface area contributed by atoms with E-state index in [4.69, 9.17) is 4.74 Å². The van der Waals surface area contributed by atoms with E-state index < -0.39 is 0 Å². The lowest BCUT2D eigenvalue weighted by molar-refractivity contribution is -0.164. The molecule has 0 aromatic carbocycles. The van der Waals surface area contributed by atoms with Crippen LogP contribution in [0.5, 0.6) is 0 Å². The van der Waals surface area contributed by atoms with E-state index in [1.54, 1.807) is 0 Å². The summed E-state index contributed by atoms with van der Waals surface area (Å²) < 4.78 is 5.49. The first-order valence-electron chi connectivity index (χ1n) is 7.39. The summed E-state index contributed by atoms with van der Waals surface area (Å²) >= 11 is 0. The standard InChI is InChI=1S/C15H24O2/c1-2-5-17-14(16)15-8-11-3-4-12(9-15)7-13(6-11)10-15/h11-13H,2-10H2,1H3/t11-,12+,13?,15?. The Labute approximate surface area is 104 Å². The van der Waals surface area contributed by atoms with Crippen LogP contribution in [0.3, 0.4) is 0 Å². The quantitative estimate of drug-likeness (QED) is 0.700. The van der Waals surface area contributed by atoms with Gasteiger partial charge < -0.3 is 4.74 Å². The lowest BCUT2D eigenvalue weighted by atomic mass is 9.58. The van der Waals surface area contributed by atoms with Crippen LogP contribution in [0.15, 0.2) is 0 Å². The number of hydrogen-bond acceptors (Lipinski definition) is 2. The smallest absolute Gasteiger partial charge is 0.312 e. The number of hydrogen-bond donors (Lipinski definition) is 0. The number of esters is 1. The van der Waals surface area contributed by atoms with Crippen molar-refractivity contribution < 1.29 is 9.53 Å². The summed E-state index contributed by atoms with van der Waals surface area (Å²) in [6.45, 7) is 2.68. The Morgan fingerprint density at radius 2 is 1.71 bits per heavy atom. The van der Waals surface area contributed by atoms with Crippen LogP contribution in [0, 0.1) is 23.2 Å². The second-order valence-corrected chi connectivity index (χ2v) is 6.68. The van der Waals surface area contributed by atoms with Crippen molar-refractivity contribution in [1.29, 1.82) is 0 Å². The molecule has 2 nitrogen and oxygen atoms in total. The van der Waals surface area contributed by atoms with Crippen molar-refractivity contribution in [3.63, 3.8) is 0 Å². The summed E-state index contributed by atoms with van der Waals surface area (Å²) in [5.41, 5.74) is -0.0673. The van der Waals surface area contributed by atoms with Crippen molar-refractivity contribution in [2.75, 3.05) is 6.61 Å². The minimum absolute atomic E-state index is 0.0673. The molecule has 0 amide bonds. The molecule has 0 heterocycles. The number of fused-ring (bicyclic) bond motifs is 1. The fraction of sp³-hybridized carbons (Fsp3) is 0.933. The van der Waals surface area contributed by atoms with Crippen LogP contribution >= 0.6 is 0 Å². The van der Waals surface area contributed by atoms with Gasteiger partial charge >= 0.3 is 5.97 Å². The molecule has 4 bridgehead atoms. The van der Waals surface area contributed by atoms with Gasteiger partial charge in [-0.15, -0.1) is 0 Å². The molecule has 4 fully saturated rings. The Balaban J connectivity index is 1.79. The zero-order chi connectivity index (χ0) is 11.9. The van der Waals surface area contributed by atoms with E-state index in [-0.39, 0.29) is 11.4 Å². The van der Waals surface area contributed by atoms with Crippen LogP contribution in [-0.4, -0.2) is 12.6 Å². The van der Waals surface area contributed by atoms with E-state index in [0.717, 1.165) is 43.4 Å². The van der Waals surface area contributed by atoms with E-state index in [0.29, 0.717) is 6.61 Å². The van der Waals surface area contributed by atoms with Gasteiger partial charge in [0.25, 0.3) is 0 Å². The van der Waals surface area contributed by atoms with Gasteiger partial charge in [-0.25, -0.2) is 0 Å². The maximum atomic E-state index is 12.4. The van der Waals surface area contributed by atoms with Gasteiger partial charge in [0.15, 0.2) is 0 Å². The van der Waals surface area contributed by atoms with Gasteiger partial charge in [0.2, 0.25) is 0 Å². The van der Waals surface area contributed by atoms with Gasteiger partial charge in [0.1, 0.15) is 0 Å². The van der Waals surface area contributed by atoms with Gasteiger partial charge in [-0.2, -0.15) is 0 Å². The van der Waals surface area contributed by atoms with E-state index in [9.17, 15) is 4.79 Å². The summed E-state index contributed by atoms with van der Waals surface area (Å²) in [4.78, 5) is 12.4. The van der Waals surface area contributed by atoms with Crippen LogP contribution in [0.2, 0.25) is 0 Å². The molecule has 0 aromatic heterocycles. The maximum absolute atomic E-state index is 12.4. The molecule has 0 spiro atoms. The molecule has 4 rings (SSSR count). The third kappa shape index (κ3) is 2.00. The highest BCUT2D eigenvalue weighted by atomic mass is 16.5. The number of rotatable bonds is 3. The summed E-state index contributed by atoms with van der Waals surface area (Å²) in [6.07, 6.45) is 9.83. The van der Waals surface area contributed by atoms with E-state index in [2.05, 4.69) is 6.92 Å². The second kappa shape index (κ2) is 4.29. The predicted octanol–water partition coefficient (Wildman–Crippen LogP) is 3.55. The molecule has 4 aliphatic rings. The molecule has 96 valence electrons. The summed E-state index contributed by atoms with van der Waals surface area (Å²) in [6, 6.07) is 0. The predicted molar refractivity (Wildman–Crippen MR) is 66.5 cm³/mol. The molecule has 4 saturated carbocycles. The van der Waals surface area contributed by atoms with Gasteiger partial charge in [-0.05, 0) is 56.3 Å². The highest BCUT2D eigenvalue weighted by molar-refractivity contribution is 5.77. The third-order valence-electron chi connectivity index (χ3n) is 5.23. The summed E-state index contributed by atoms with van der Waals surface area (Å²) in [5, 5.41) is 0. The Morgan fingerprint density at radius 1 is 1.12 bits per heavy atom. The minimum atomic E-state index is -0.0673. The molecule has 2 heteroatoms.